The van der Waals surface area contributed by atoms with Crippen LogP contribution in [-0.2, 0) is 4.74 Å². The van der Waals surface area contributed by atoms with E-state index in [1.165, 1.54) is 0 Å². The summed E-state index contributed by atoms with van der Waals surface area (Å²) >= 11 is 0. The van der Waals surface area contributed by atoms with Crippen LogP contribution >= 0.6 is 0 Å². The Hall–Kier alpha value is -2.34. The maximum atomic E-state index is 12.6. The summed E-state index contributed by atoms with van der Waals surface area (Å²) in [5.74, 6) is 0.385. The predicted molar refractivity (Wildman–Crippen MR) is 79.8 cm³/mol. The van der Waals surface area contributed by atoms with Gasteiger partial charge in [0, 0.05) is 18.7 Å². The van der Waals surface area contributed by atoms with Crippen molar-refractivity contribution in [1.29, 1.82) is 0 Å². The highest BCUT2D eigenvalue weighted by molar-refractivity contribution is 5.95. The molecule has 0 radical (unpaired) electrons. The van der Waals surface area contributed by atoms with Crippen LogP contribution in [-0.4, -0.2) is 48.7 Å². The van der Waals surface area contributed by atoms with E-state index in [1.807, 2.05) is 37.3 Å². The van der Waals surface area contributed by atoms with Crippen LogP contribution in [0.5, 0.6) is 5.95 Å². The maximum absolute atomic E-state index is 12.6. The number of morpholine rings is 1. The Bertz CT molecular complexity index is 633. The first-order valence-corrected chi connectivity index (χ1v) is 7.35. The average molecular weight is 302 g/mol. The molecular formula is C16H18N2O4. The van der Waals surface area contributed by atoms with Crippen molar-refractivity contribution in [3.8, 4) is 17.4 Å². The molecule has 0 atom stereocenters. The number of hydrogen-bond donors (Lipinski definition) is 0. The predicted octanol–water partition coefficient (Wildman–Crippen LogP) is 2.21. The average Bonchev–Trinajstić information content (AvgIpc) is 3.00. The van der Waals surface area contributed by atoms with Gasteiger partial charge in [-0.1, -0.05) is 18.2 Å². The summed E-state index contributed by atoms with van der Waals surface area (Å²) in [6, 6.07) is 9.46. The molecule has 3 rings (SSSR count). The van der Waals surface area contributed by atoms with E-state index >= 15 is 0 Å². The topological polar surface area (TPSA) is 64.8 Å². The van der Waals surface area contributed by atoms with Crippen LogP contribution in [0.15, 0.2) is 34.7 Å². The third-order valence-electron chi connectivity index (χ3n) is 3.39. The molecule has 1 aromatic carbocycles. The number of rotatable bonds is 4. The summed E-state index contributed by atoms with van der Waals surface area (Å²) in [5.41, 5.74) is 1.03. The van der Waals surface area contributed by atoms with Crippen LogP contribution in [0.3, 0.4) is 0 Å². The molecule has 0 unspecified atom stereocenters. The second-order valence-electron chi connectivity index (χ2n) is 4.86. The van der Waals surface area contributed by atoms with Crippen molar-refractivity contribution in [3.05, 3.63) is 36.0 Å². The van der Waals surface area contributed by atoms with Gasteiger partial charge in [-0.25, -0.2) is 0 Å². The molecule has 6 heteroatoms. The van der Waals surface area contributed by atoms with Crippen LogP contribution < -0.4 is 4.74 Å². The van der Waals surface area contributed by atoms with Crippen LogP contribution in [0.2, 0.25) is 0 Å². The number of amides is 1. The maximum Gasteiger partial charge on any atom is 0.319 e. The van der Waals surface area contributed by atoms with Crippen molar-refractivity contribution < 1.29 is 18.7 Å². The van der Waals surface area contributed by atoms with Gasteiger partial charge in [-0.3, -0.25) is 4.79 Å². The van der Waals surface area contributed by atoms with Crippen molar-refractivity contribution in [3.63, 3.8) is 0 Å². The van der Waals surface area contributed by atoms with Gasteiger partial charge in [-0.2, -0.15) is 4.98 Å². The number of oxazole rings is 1. The van der Waals surface area contributed by atoms with Crippen molar-refractivity contribution in [2.24, 2.45) is 0 Å². The van der Waals surface area contributed by atoms with E-state index in [1.54, 1.807) is 4.90 Å². The van der Waals surface area contributed by atoms with Gasteiger partial charge >= 0.3 is 5.95 Å². The minimum Gasteiger partial charge on any atom is -0.464 e. The Labute approximate surface area is 128 Å². The molecule has 0 N–H and O–H groups in total. The number of aromatic nitrogens is 1. The fraction of sp³-hybridized carbons (Fsp3) is 0.375. The van der Waals surface area contributed by atoms with Gasteiger partial charge < -0.3 is 18.8 Å². The SMILES string of the molecule is CCOc1oc(-c2ccccc2)nc1C(=O)N1CCOCC1. The van der Waals surface area contributed by atoms with Crippen molar-refractivity contribution in [2.75, 3.05) is 32.9 Å². The quantitative estimate of drug-likeness (QED) is 0.866. The van der Waals surface area contributed by atoms with E-state index in [0.717, 1.165) is 5.56 Å². The van der Waals surface area contributed by atoms with Crippen molar-refractivity contribution >= 4 is 5.91 Å². The lowest BCUT2D eigenvalue weighted by Gasteiger charge is -2.25. The highest BCUT2D eigenvalue weighted by Gasteiger charge is 2.27. The highest BCUT2D eigenvalue weighted by Crippen LogP contribution is 2.28. The van der Waals surface area contributed by atoms with E-state index < -0.39 is 0 Å². The molecule has 0 saturated carbocycles. The van der Waals surface area contributed by atoms with E-state index in [4.69, 9.17) is 13.9 Å². The Morgan fingerprint density at radius 3 is 2.68 bits per heavy atom. The summed E-state index contributed by atoms with van der Waals surface area (Å²) < 4.78 is 16.4. The van der Waals surface area contributed by atoms with Gasteiger partial charge in [-0.05, 0) is 19.1 Å². The molecule has 1 amide bonds. The van der Waals surface area contributed by atoms with Gasteiger partial charge in [0.05, 0.1) is 19.8 Å². The second kappa shape index (κ2) is 6.62. The molecule has 6 nitrogen and oxygen atoms in total. The van der Waals surface area contributed by atoms with Gasteiger partial charge in [0.2, 0.25) is 11.6 Å². The number of hydrogen-bond acceptors (Lipinski definition) is 5. The van der Waals surface area contributed by atoms with E-state index in [9.17, 15) is 4.79 Å². The monoisotopic (exact) mass is 302 g/mol. The molecule has 0 bridgehead atoms. The molecule has 0 aliphatic carbocycles. The molecule has 22 heavy (non-hydrogen) atoms. The normalized spacial score (nSPS) is 14.9. The second-order valence-corrected chi connectivity index (χ2v) is 4.86. The lowest BCUT2D eigenvalue weighted by molar-refractivity contribution is 0.0295. The fourth-order valence-corrected chi connectivity index (χ4v) is 2.29. The zero-order chi connectivity index (χ0) is 15.4. The smallest absolute Gasteiger partial charge is 0.319 e. The van der Waals surface area contributed by atoms with Crippen LogP contribution in [0.4, 0.5) is 0 Å². The van der Waals surface area contributed by atoms with Crippen molar-refractivity contribution in [2.45, 2.75) is 6.92 Å². The first-order chi connectivity index (χ1) is 10.8. The van der Waals surface area contributed by atoms with Crippen LogP contribution in [0.25, 0.3) is 11.5 Å². The molecule has 116 valence electrons. The van der Waals surface area contributed by atoms with Gasteiger partial charge in [0.15, 0.2) is 0 Å². The summed E-state index contributed by atoms with van der Waals surface area (Å²) in [7, 11) is 0. The van der Waals surface area contributed by atoms with Gasteiger partial charge in [-0.15, -0.1) is 0 Å². The first kappa shape index (κ1) is 14.6. The zero-order valence-corrected chi connectivity index (χ0v) is 12.4. The fourth-order valence-electron chi connectivity index (χ4n) is 2.29. The summed E-state index contributed by atoms with van der Waals surface area (Å²) in [5, 5.41) is 0. The Kier molecular flexibility index (Phi) is 4.39. The molecule has 1 fully saturated rings. The minimum absolute atomic E-state index is 0.179. The van der Waals surface area contributed by atoms with Crippen LogP contribution in [0, 0.1) is 0 Å². The number of nitrogens with zero attached hydrogens (tertiary/aromatic N) is 2. The number of ether oxygens (including phenoxy) is 2. The Morgan fingerprint density at radius 2 is 2.00 bits per heavy atom. The summed E-state index contributed by atoms with van der Waals surface area (Å²) in [6.07, 6.45) is 0. The molecule has 2 heterocycles. The Balaban J connectivity index is 1.91. The third-order valence-corrected chi connectivity index (χ3v) is 3.39. The number of benzene rings is 1. The highest BCUT2D eigenvalue weighted by atomic mass is 16.6. The standard InChI is InChI=1S/C16H18N2O4/c1-2-21-16-13(15(19)18-8-10-20-11-9-18)17-14(22-16)12-6-4-3-5-7-12/h3-7H,2,8-11H2,1H3. The van der Waals surface area contributed by atoms with Crippen molar-refractivity contribution in [1.82, 2.24) is 9.88 Å². The summed E-state index contributed by atoms with van der Waals surface area (Å²) in [6.45, 7) is 4.44. The lowest BCUT2D eigenvalue weighted by atomic mass is 10.2. The molecule has 0 spiro atoms. The van der Waals surface area contributed by atoms with Gasteiger partial charge in [0.25, 0.3) is 5.91 Å². The Morgan fingerprint density at radius 1 is 1.27 bits per heavy atom. The van der Waals surface area contributed by atoms with E-state index in [0.29, 0.717) is 38.8 Å². The first-order valence-electron chi connectivity index (χ1n) is 7.35. The van der Waals surface area contributed by atoms with E-state index in [-0.39, 0.29) is 17.5 Å². The van der Waals surface area contributed by atoms with E-state index in [2.05, 4.69) is 4.98 Å². The van der Waals surface area contributed by atoms with Gasteiger partial charge in [0.1, 0.15) is 0 Å². The molecule has 1 aliphatic rings. The lowest BCUT2D eigenvalue weighted by Crippen LogP contribution is -2.41. The molecule has 1 aromatic heterocycles. The van der Waals surface area contributed by atoms with Crippen LogP contribution in [0.1, 0.15) is 17.4 Å². The largest absolute Gasteiger partial charge is 0.464 e. The molecule has 2 aromatic rings. The number of carbonyl (C=O) groups excluding carboxylic acids is 1. The minimum atomic E-state index is -0.183. The number of carbonyl (C=O) groups is 1. The summed E-state index contributed by atoms with van der Waals surface area (Å²) in [4.78, 5) is 18.7. The molecule has 1 saturated heterocycles. The third kappa shape index (κ3) is 2.96. The molecule has 1 aliphatic heterocycles. The molecular weight excluding hydrogens is 284 g/mol. The zero-order valence-electron chi connectivity index (χ0n) is 12.4.